The molecule has 0 unspecified atom stereocenters. The van der Waals surface area contributed by atoms with Gasteiger partial charge in [0.2, 0.25) is 0 Å². The maximum Gasteiger partial charge on any atom is 0.307 e. The Labute approximate surface area is 167 Å². The highest BCUT2D eigenvalue weighted by Gasteiger charge is 2.20. The van der Waals surface area contributed by atoms with Gasteiger partial charge in [0.1, 0.15) is 0 Å². The van der Waals surface area contributed by atoms with E-state index in [2.05, 4.69) is 5.32 Å². The van der Waals surface area contributed by atoms with E-state index in [9.17, 15) is 14.4 Å². The van der Waals surface area contributed by atoms with Crippen LogP contribution in [0.5, 0.6) is 0 Å². The minimum absolute atomic E-state index is 0.0532. The first-order chi connectivity index (χ1) is 12.7. The van der Waals surface area contributed by atoms with Crippen LogP contribution >= 0.6 is 22.9 Å². The van der Waals surface area contributed by atoms with Gasteiger partial charge in [0, 0.05) is 32.4 Å². The molecule has 1 amide bonds. The van der Waals surface area contributed by atoms with Crippen LogP contribution in [0.4, 0.5) is 5.69 Å². The van der Waals surface area contributed by atoms with Crippen LogP contribution in [-0.2, 0) is 14.3 Å². The second kappa shape index (κ2) is 9.15. The first kappa shape index (κ1) is 21.1. The number of ketones is 1. The van der Waals surface area contributed by atoms with Crippen LogP contribution in [0.2, 0.25) is 5.02 Å². The second-order valence-corrected chi connectivity index (χ2v) is 8.23. The molecule has 0 aliphatic carbocycles. The summed E-state index contributed by atoms with van der Waals surface area (Å²) in [6.07, 6.45) is -0.991. The molecule has 5 nitrogen and oxygen atoms in total. The van der Waals surface area contributed by atoms with Crippen molar-refractivity contribution in [2.24, 2.45) is 0 Å². The Kier molecular flexibility index (Phi) is 7.16. The monoisotopic (exact) mass is 407 g/mol. The average molecular weight is 408 g/mol. The van der Waals surface area contributed by atoms with Gasteiger partial charge < -0.3 is 10.1 Å². The van der Waals surface area contributed by atoms with Crippen molar-refractivity contribution in [2.75, 3.05) is 5.32 Å². The SMILES string of the molecule is Cc1cc(C(=O)CCC(=O)O[C@@H](C)C(=O)Nc2cc(Cl)ccc2C)c(C)s1. The average Bonchev–Trinajstić information content (AvgIpc) is 2.94. The van der Waals surface area contributed by atoms with Gasteiger partial charge >= 0.3 is 5.97 Å². The molecule has 0 fully saturated rings. The molecule has 0 bridgehead atoms. The van der Waals surface area contributed by atoms with Crippen molar-refractivity contribution in [2.45, 2.75) is 46.6 Å². The van der Waals surface area contributed by atoms with E-state index in [1.165, 1.54) is 6.92 Å². The maximum absolute atomic E-state index is 12.2. The van der Waals surface area contributed by atoms with Crippen molar-refractivity contribution in [3.63, 3.8) is 0 Å². The predicted octanol–water partition coefficient (Wildman–Crippen LogP) is 4.86. The van der Waals surface area contributed by atoms with Crippen molar-refractivity contribution in [1.82, 2.24) is 0 Å². The minimum atomic E-state index is -0.976. The quantitative estimate of drug-likeness (QED) is 0.525. The lowest BCUT2D eigenvalue weighted by Crippen LogP contribution is -2.30. The molecule has 27 heavy (non-hydrogen) atoms. The smallest absolute Gasteiger partial charge is 0.307 e. The zero-order chi connectivity index (χ0) is 20.1. The van der Waals surface area contributed by atoms with Gasteiger partial charge in [-0.3, -0.25) is 14.4 Å². The summed E-state index contributed by atoms with van der Waals surface area (Å²) in [5, 5.41) is 3.19. The third kappa shape index (κ3) is 5.91. The van der Waals surface area contributed by atoms with Gasteiger partial charge in [-0.25, -0.2) is 0 Å². The number of rotatable bonds is 7. The van der Waals surface area contributed by atoms with E-state index in [4.69, 9.17) is 16.3 Å². The minimum Gasteiger partial charge on any atom is -0.453 e. The van der Waals surface area contributed by atoms with Crippen LogP contribution in [0, 0.1) is 20.8 Å². The summed E-state index contributed by atoms with van der Waals surface area (Å²) >= 11 is 7.48. The van der Waals surface area contributed by atoms with E-state index in [1.807, 2.05) is 26.8 Å². The van der Waals surface area contributed by atoms with Gasteiger partial charge in [-0.2, -0.15) is 0 Å². The molecule has 1 aromatic heterocycles. The zero-order valence-electron chi connectivity index (χ0n) is 15.7. The Bertz CT molecular complexity index is 875. The molecule has 7 heteroatoms. The second-order valence-electron chi connectivity index (χ2n) is 6.33. The number of ether oxygens (including phenoxy) is 1. The zero-order valence-corrected chi connectivity index (χ0v) is 17.3. The summed E-state index contributed by atoms with van der Waals surface area (Å²) < 4.78 is 5.14. The van der Waals surface area contributed by atoms with E-state index in [1.54, 1.807) is 29.5 Å². The number of amides is 1. The highest BCUT2D eigenvalue weighted by atomic mass is 35.5. The Morgan fingerprint density at radius 2 is 1.85 bits per heavy atom. The first-order valence-corrected chi connectivity index (χ1v) is 9.73. The number of hydrogen-bond acceptors (Lipinski definition) is 5. The van der Waals surface area contributed by atoms with Gasteiger partial charge in [0.05, 0.1) is 6.42 Å². The number of carbonyl (C=O) groups excluding carboxylic acids is 3. The molecule has 2 rings (SSSR count). The van der Waals surface area contributed by atoms with Gasteiger partial charge in [-0.05, 0) is 51.5 Å². The fraction of sp³-hybridized carbons (Fsp3) is 0.350. The number of hydrogen-bond donors (Lipinski definition) is 1. The molecule has 0 saturated carbocycles. The van der Waals surface area contributed by atoms with Crippen LogP contribution in [-0.4, -0.2) is 23.8 Å². The Morgan fingerprint density at radius 3 is 2.48 bits per heavy atom. The van der Waals surface area contributed by atoms with E-state index >= 15 is 0 Å². The summed E-state index contributed by atoms with van der Waals surface area (Å²) in [5.41, 5.74) is 2.06. The standard InChI is InChI=1S/C20H22ClNO4S/c1-11-5-6-15(21)10-17(11)22-20(25)13(3)26-19(24)8-7-18(23)16-9-12(2)27-14(16)4/h5-6,9-10,13H,7-8H2,1-4H3,(H,22,25)/t13-/m0/s1. The third-order valence-corrected chi connectivity index (χ3v) is 5.23. The lowest BCUT2D eigenvalue weighted by atomic mass is 10.1. The molecule has 0 saturated heterocycles. The van der Waals surface area contributed by atoms with Crippen LogP contribution in [0.15, 0.2) is 24.3 Å². The lowest BCUT2D eigenvalue weighted by molar-refractivity contribution is -0.153. The highest BCUT2D eigenvalue weighted by Crippen LogP contribution is 2.23. The van der Waals surface area contributed by atoms with Crippen molar-refractivity contribution >= 4 is 46.3 Å². The number of aryl methyl sites for hydroxylation is 3. The first-order valence-electron chi connectivity index (χ1n) is 8.54. The summed E-state index contributed by atoms with van der Waals surface area (Å²) in [6, 6.07) is 6.97. The molecule has 144 valence electrons. The summed E-state index contributed by atoms with van der Waals surface area (Å²) in [4.78, 5) is 38.4. The molecule has 0 spiro atoms. The normalized spacial score (nSPS) is 11.7. The van der Waals surface area contributed by atoms with Crippen LogP contribution in [0.1, 0.15) is 45.4 Å². The number of halogens is 1. The van der Waals surface area contributed by atoms with Gasteiger partial charge in [0.25, 0.3) is 5.91 Å². The highest BCUT2D eigenvalue weighted by molar-refractivity contribution is 7.12. The lowest BCUT2D eigenvalue weighted by Gasteiger charge is -2.15. The van der Waals surface area contributed by atoms with E-state index in [0.29, 0.717) is 16.3 Å². The Morgan fingerprint density at radius 1 is 1.15 bits per heavy atom. The van der Waals surface area contributed by atoms with Crippen molar-refractivity contribution in [1.29, 1.82) is 0 Å². The van der Waals surface area contributed by atoms with Crippen LogP contribution < -0.4 is 5.32 Å². The molecular formula is C20H22ClNO4S. The van der Waals surface area contributed by atoms with Crippen molar-refractivity contribution in [3.8, 4) is 0 Å². The fourth-order valence-electron chi connectivity index (χ4n) is 2.53. The van der Waals surface area contributed by atoms with Crippen molar-refractivity contribution in [3.05, 3.63) is 50.2 Å². The molecule has 0 aliphatic rings. The van der Waals surface area contributed by atoms with Crippen LogP contribution in [0.3, 0.4) is 0 Å². The number of carbonyl (C=O) groups is 3. The maximum atomic E-state index is 12.2. The number of anilines is 1. The molecular weight excluding hydrogens is 386 g/mol. The summed E-state index contributed by atoms with van der Waals surface area (Å²) in [6.45, 7) is 7.14. The van der Waals surface area contributed by atoms with Gasteiger partial charge in [-0.1, -0.05) is 17.7 Å². The number of esters is 1. The van der Waals surface area contributed by atoms with Crippen LogP contribution in [0.25, 0.3) is 0 Å². The molecule has 1 heterocycles. The number of nitrogens with one attached hydrogen (secondary N) is 1. The predicted molar refractivity (Wildman–Crippen MR) is 108 cm³/mol. The van der Waals surface area contributed by atoms with Gasteiger partial charge in [0.15, 0.2) is 11.9 Å². The largest absolute Gasteiger partial charge is 0.453 e. The molecule has 1 N–H and O–H groups in total. The number of benzene rings is 1. The molecule has 2 aromatic rings. The molecule has 0 aliphatic heterocycles. The Balaban J connectivity index is 1.85. The Hall–Kier alpha value is -2.18. The molecule has 0 radical (unpaired) electrons. The van der Waals surface area contributed by atoms with Crippen molar-refractivity contribution < 1.29 is 19.1 Å². The topological polar surface area (TPSA) is 72.5 Å². The van der Waals surface area contributed by atoms with E-state index < -0.39 is 18.0 Å². The number of Topliss-reactive ketones (excluding diaryl/α,β-unsaturated/α-hetero) is 1. The van der Waals surface area contributed by atoms with E-state index in [0.717, 1.165) is 15.3 Å². The molecule has 1 aromatic carbocycles. The third-order valence-electron chi connectivity index (χ3n) is 4.03. The van der Waals surface area contributed by atoms with Gasteiger partial charge in [-0.15, -0.1) is 11.3 Å². The summed E-state index contributed by atoms with van der Waals surface area (Å²) in [5.74, 6) is -1.14. The fourth-order valence-corrected chi connectivity index (χ4v) is 3.65. The summed E-state index contributed by atoms with van der Waals surface area (Å²) in [7, 11) is 0. The number of thiophene rings is 1. The van der Waals surface area contributed by atoms with E-state index in [-0.39, 0.29) is 18.6 Å². The molecule has 1 atom stereocenters.